The molecule has 20 heavy (non-hydrogen) atoms. The summed E-state index contributed by atoms with van der Waals surface area (Å²) in [6.07, 6.45) is 3.41. The molecule has 0 spiro atoms. The summed E-state index contributed by atoms with van der Waals surface area (Å²) in [6, 6.07) is 3.08. The first-order valence-corrected chi connectivity index (χ1v) is 6.45. The summed E-state index contributed by atoms with van der Waals surface area (Å²) >= 11 is 0. The van der Waals surface area contributed by atoms with Crippen molar-refractivity contribution < 1.29 is 13.6 Å². The summed E-state index contributed by atoms with van der Waals surface area (Å²) in [5, 5.41) is 2.50. The second kappa shape index (κ2) is 6.50. The van der Waals surface area contributed by atoms with Crippen molar-refractivity contribution >= 4 is 24.0 Å². The summed E-state index contributed by atoms with van der Waals surface area (Å²) < 4.78 is 26.3. The monoisotopic (exact) mass is 304 g/mol. The fourth-order valence-electron chi connectivity index (χ4n) is 2.60. The summed E-state index contributed by atoms with van der Waals surface area (Å²) in [6.45, 7) is 1.84. The minimum Gasteiger partial charge on any atom is -0.325 e. The average Bonchev–Trinajstić information content (AvgIpc) is 2.32. The van der Waals surface area contributed by atoms with Gasteiger partial charge in [-0.1, -0.05) is 12.8 Å². The number of halogens is 3. The predicted molar refractivity (Wildman–Crippen MR) is 76.8 cm³/mol. The van der Waals surface area contributed by atoms with Crippen LogP contribution < -0.4 is 11.1 Å². The second-order valence-corrected chi connectivity index (χ2v) is 5.42. The summed E-state index contributed by atoms with van der Waals surface area (Å²) in [5.74, 6) is -2.08. The summed E-state index contributed by atoms with van der Waals surface area (Å²) in [7, 11) is 0. The quantitative estimate of drug-likeness (QED) is 0.881. The van der Waals surface area contributed by atoms with E-state index in [4.69, 9.17) is 5.73 Å². The highest BCUT2D eigenvalue weighted by atomic mass is 35.5. The van der Waals surface area contributed by atoms with Gasteiger partial charge in [-0.3, -0.25) is 4.79 Å². The maximum Gasteiger partial charge on any atom is 0.229 e. The van der Waals surface area contributed by atoms with E-state index in [1.54, 1.807) is 0 Å². The van der Waals surface area contributed by atoms with Crippen LogP contribution in [0.4, 0.5) is 14.5 Å². The highest BCUT2D eigenvalue weighted by Gasteiger charge is 2.37. The maximum atomic E-state index is 13.5. The van der Waals surface area contributed by atoms with E-state index in [1.807, 2.05) is 6.92 Å². The molecule has 1 fully saturated rings. The van der Waals surface area contributed by atoms with E-state index in [9.17, 15) is 13.6 Å². The van der Waals surface area contributed by atoms with Gasteiger partial charge in [0.2, 0.25) is 5.91 Å². The lowest BCUT2D eigenvalue weighted by Crippen LogP contribution is -2.51. The summed E-state index contributed by atoms with van der Waals surface area (Å²) in [4.78, 5) is 12.2. The van der Waals surface area contributed by atoms with Gasteiger partial charge in [0.05, 0.1) is 11.6 Å². The number of carbonyl (C=O) groups is 1. The van der Waals surface area contributed by atoms with Gasteiger partial charge in [0.25, 0.3) is 0 Å². The van der Waals surface area contributed by atoms with Crippen LogP contribution in [0, 0.1) is 17.6 Å². The molecule has 1 amide bonds. The second-order valence-electron chi connectivity index (χ2n) is 5.42. The normalized spacial score (nSPS) is 25.7. The first kappa shape index (κ1) is 16.9. The van der Waals surface area contributed by atoms with E-state index in [1.165, 1.54) is 6.07 Å². The molecule has 0 heterocycles. The Morgan fingerprint density at radius 2 is 2.10 bits per heavy atom. The van der Waals surface area contributed by atoms with Gasteiger partial charge in [0, 0.05) is 11.6 Å². The largest absolute Gasteiger partial charge is 0.325 e. The van der Waals surface area contributed by atoms with Crippen molar-refractivity contribution in [3.05, 3.63) is 29.8 Å². The number of hydrogen-bond acceptors (Lipinski definition) is 2. The van der Waals surface area contributed by atoms with Crippen LogP contribution in [0.1, 0.15) is 32.6 Å². The Morgan fingerprint density at radius 3 is 2.70 bits per heavy atom. The fraction of sp³-hybridized carbons (Fsp3) is 0.500. The molecule has 1 aromatic rings. The molecule has 1 saturated carbocycles. The molecule has 0 aromatic heterocycles. The zero-order valence-electron chi connectivity index (χ0n) is 11.3. The van der Waals surface area contributed by atoms with Gasteiger partial charge in [-0.2, -0.15) is 0 Å². The molecule has 0 radical (unpaired) electrons. The average molecular weight is 305 g/mol. The number of hydrogen-bond donors (Lipinski definition) is 2. The lowest BCUT2D eigenvalue weighted by molar-refractivity contribution is -0.122. The van der Waals surface area contributed by atoms with Crippen molar-refractivity contribution in [2.45, 2.75) is 38.1 Å². The highest BCUT2D eigenvalue weighted by molar-refractivity contribution is 5.93. The Balaban J connectivity index is 0.00000200. The van der Waals surface area contributed by atoms with Crippen LogP contribution in [0.25, 0.3) is 0 Å². The Labute approximate surface area is 123 Å². The van der Waals surface area contributed by atoms with Crippen molar-refractivity contribution in [3.63, 3.8) is 0 Å². The van der Waals surface area contributed by atoms with E-state index in [0.29, 0.717) is 6.42 Å². The van der Waals surface area contributed by atoms with Crippen LogP contribution in [0.2, 0.25) is 0 Å². The predicted octanol–water partition coefficient (Wildman–Crippen LogP) is 3.23. The van der Waals surface area contributed by atoms with Crippen molar-refractivity contribution in [1.82, 2.24) is 0 Å². The molecule has 0 aliphatic heterocycles. The Morgan fingerprint density at radius 1 is 1.40 bits per heavy atom. The number of amides is 1. The molecule has 3 N–H and O–H groups in total. The third-order valence-electron chi connectivity index (χ3n) is 3.76. The number of anilines is 1. The van der Waals surface area contributed by atoms with E-state index in [-0.39, 0.29) is 29.9 Å². The van der Waals surface area contributed by atoms with Crippen molar-refractivity contribution in [2.24, 2.45) is 11.7 Å². The number of carbonyl (C=O) groups excluding carboxylic acids is 1. The maximum absolute atomic E-state index is 13.5. The fourth-order valence-corrected chi connectivity index (χ4v) is 2.60. The van der Waals surface area contributed by atoms with Gasteiger partial charge in [-0.25, -0.2) is 8.78 Å². The highest BCUT2D eigenvalue weighted by Crippen LogP contribution is 2.32. The summed E-state index contributed by atoms with van der Waals surface area (Å²) in [5.41, 5.74) is 5.55. The Kier molecular flexibility index (Phi) is 5.48. The minimum absolute atomic E-state index is 0. The smallest absolute Gasteiger partial charge is 0.229 e. The van der Waals surface area contributed by atoms with Crippen LogP contribution in [0.15, 0.2) is 18.2 Å². The zero-order valence-corrected chi connectivity index (χ0v) is 12.1. The molecule has 2 unspecified atom stereocenters. The number of rotatable bonds is 2. The van der Waals surface area contributed by atoms with Crippen molar-refractivity contribution in [3.8, 4) is 0 Å². The van der Waals surface area contributed by atoms with E-state index in [0.717, 1.165) is 31.4 Å². The minimum atomic E-state index is -0.775. The van der Waals surface area contributed by atoms with E-state index < -0.39 is 17.2 Å². The molecule has 2 rings (SSSR count). The van der Waals surface area contributed by atoms with E-state index >= 15 is 0 Å². The van der Waals surface area contributed by atoms with Gasteiger partial charge in [-0.05, 0) is 31.9 Å². The molecule has 1 aromatic carbocycles. The standard InChI is InChI=1S/C14H18F2N2O.ClH/c1-14(17)7-3-2-4-10(14)13(19)18-12-6-5-9(15)8-11(12)16;/h5-6,8,10H,2-4,7,17H2,1H3,(H,18,19);1H. The third-order valence-corrected chi connectivity index (χ3v) is 3.76. The molecule has 0 bridgehead atoms. The molecule has 6 heteroatoms. The first-order chi connectivity index (χ1) is 8.90. The van der Waals surface area contributed by atoms with Crippen molar-refractivity contribution in [1.29, 1.82) is 0 Å². The van der Waals surface area contributed by atoms with Crippen molar-refractivity contribution in [2.75, 3.05) is 5.32 Å². The Hall–Kier alpha value is -1.20. The van der Waals surface area contributed by atoms with Gasteiger partial charge < -0.3 is 11.1 Å². The first-order valence-electron chi connectivity index (χ1n) is 6.45. The molecule has 112 valence electrons. The lowest BCUT2D eigenvalue weighted by atomic mass is 9.74. The third kappa shape index (κ3) is 3.67. The molecular formula is C14H19ClF2N2O. The van der Waals surface area contributed by atoms with E-state index in [2.05, 4.69) is 5.32 Å². The molecule has 3 nitrogen and oxygen atoms in total. The van der Waals surface area contributed by atoms with Crippen LogP contribution >= 0.6 is 12.4 Å². The van der Waals surface area contributed by atoms with Gasteiger partial charge in [-0.15, -0.1) is 12.4 Å². The lowest BCUT2D eigenvalue weighted by Gasteiger charge is -2.37. The van der Waals surface area contributed by atoms with Gasteiger partial charge in [0.15, 0.2) is 0 Å². The SMILES string of the molecule is CC1(N)CCCCC1C(=O)Nc1ccc(F)cc1F.Cl. The Bertz CT molecular complexity index is 494. The molecule has 1 aliphatic carbocycles. The number of benzene rings is 1. The molecule has 0 saturated heterocycles. The molecule has 2 atom stereocenters. The number of nitrogens with two attached hydrogens (primary N) is 1. The van der Waals surface area contributed by atoms with Crippen LogP contribution in [0.5, 0.6) is 0 Å². The molecular weight excluding hydrogens is 286 g/mol. The van der Waals surface area contributed by atoms with Crippen LogP contribution in [-0.2, 0) is 4.79 Å². The van der Waals surface area contributed by atoms with Gasteiger partial charge in [0.1, 0.15) is 11.6 Å². The van der Waals surface area contributed by atoms with Gasteiger partial charge >= 0.3 is 0 Å². The number of nitrogens with one attached hydrogen (secondary N) is 1. The topological polar surface area (TPSA) is 55.1 Å². The zero-order chi connectivity index (χ0) is 14.0. The van der Waals surface area contributed by atoms with Crippen LogP contribution in [0.3, 0.4) is 0 Å². The molecule has 1 aliphatic rings. The van der Waals surface area contributed by atoms with Crippen LogP contribution in [-0.4, -0.2) is 11.4 Å².